The number of aromatic nitrogens is 5. The van der Waals surface area contributed by atoms with Gasteiger partial charge in [-0.25, -0.2) is 27.8 Å². The Hall–Kier alpha value is -3.50. The smallest absolute Gasteiger partial charge is 0.316 e. The number of carbonyl (C=O) groups is 1. The van der Waals surface area contributed by atoms with Gasteiger partial charge in [-0.3, -0.25) is 4.79 Å². The first-order chi connectivity index (χ1) is 13.3. The molecule has 3 aromatic rings. The first-order valence-electron chi connectivity index (χ1n) is 8.04. The van der Waals surface area contributed by atoms with E-state index in [-0.39, 0.29) is 29.8 Å². The van der Waals surface area contributed by atoms with Crippen molar-refractivity contribution in [3.63, 3.8) is 0 Å². The quantitative estimate of drug-likeness (QED) is 0.691. The number of ether oxygens (including phenoxy) is 1. The first kappa shape index (κ1) is 19.3. The van der Waals surface area contributed by atoms with Crippen molar-refractivity contribution in [2.75, 3.05) is 7.05 Å². The summed E-state index contributed by atoms with van der Waals surface area (Å²) in [6.07, 6.45) is 4.07. The van der Waals surface area contributed by atoms with Crippen molar-refractivity contribution in [3.05, 3.63) is 59.4 Å². The van der Waals surface area contributed by atoms with Crippen LogP contribution in [0.2, 0.25) is 0 Å². The van der Waals surface area contributed by atoms with E-state index >= 15 is 0 Å². The highest BCUT2D eigenvalue weighted by atomic mass is 19.3. The number of nitrogens with one attached hydrogen (secondary N) is 1. The summed E-state index contributed by atoms with van der Waals surface area (Å²) in [7, 11) is 1.49. The maximum atomic E-state index is 13.6. The van der Waals surface area contributed by atoms with Gasteiger partial charge in [-0.1, -0.05) is 5.21 Å². The van der Waals surface area contributed by atoms with Crippen molar-refractivity contribution >= 4 is 5.91 Å². The Kier molecular flexibility index (Phi) is 5.25. The van der Waals surface area contributed by atoms with E-state index < -0.39 is 17.3 Å². The molecule has 0 aliphatic rings. The summed E-state index contributed by atoms with van der Waals surface area (Å²) >= 11 is 0. The van der Waals surface area contributed by atoms with Crippen LogP contribution in [0.3, 0.4) is 0 Å². The van der Waals surface area contributed by atoms with E-state index in [1.807, 2.05) is 0 Å². The average Bonchev–Trinajstić information content (AvgIpc) is 3.14. The molecule has 11 heteroatoms. The highest BCUT2D eigenvalue weighted by Gasteiger charge is 2.28. The molecule has 0 aliphatic carbocycles. The number of benzene rings is 1. The van der Waals surface area contributed by atoms with Crippen LogP contribution in [0.15, 0.2) is 36.8 Å². The molecule has 3 rings (SSSR count). The van der Waals surface area contributed by atoms with Gasteiger partial charge in [-0.2, -0.15) is 0 Å². The van der Waals surface area contributed by atoms with Crippen LogP contribution in [0.5, 0.6) is 6.01 Å². The number of hydrogen-bond donors (Lipinski definition) is 1. The Morgan fingerprint density at radius 2 is 2.00 bits per heavy atom. The zero-order chi connectivity index (χ0) is 20.3. The Morgan fingerprint density at radius 1 is 1.29 bits per heavy atom. The average molecular weight is 392 g/mol. The monoisotopic (exact) mass is 392 g/mol. The van der Waals surface area contributed by atoms with Crippen LogP contribution in [0.4, 0.5) is 13.2 Å². The summed E-state index contributed by atoms with van der Waals surface area (Å²) in [5.74, 6) is -4.66. The predicted octanol–water partition coefficient (Wildman–Crippen LogP) is 2.25. The molecule has 8 nitrogen and oxygen atoms in total. The second kappa shape index (κ2) is 7.62. The van der Waals surface area contributed by atoms with Crippen LogP contribution in [0.25, 0.3) is 5.69 Å². The van der Waals surface area contributed by atoms with Gasteiger partial charge in [-0.05, 0) is 18.2 Å². The molecule has 0 fully saturated rings. The molecule has 2 aromatic heterocycles. The summed E-state index contributed by atoms with van der Waals surface area (Å²) in [4.78, 5) is 19.2. The highest BCUT2D eigenvalue weighted by Crippen LogP contribution is 2.30. The number of hydrogen-bond acceptors (Lipinski definition) is 6. The van der Waals surface area contributed by atoms with Crippen LogP contribution in [-0.2, 0) is 12.5 Å². The van der Waals surface area contributed by atoms with Gasteiger partial charge in [0, 0.05) is 26.4 Å². The molecule has 0 saturated heterocycles. The third-order valence-corrected chi connectivity index (χ3v) is 3.69. The third-order valence-electron chi connectivity index (χ3n) is 3.69. The summed E-state index contributed by atoms with van der Waals surface area (Å²) in [6, 6.07) is 3.29. The summed E-state index contributed by atoms with van der Waals surface area (Å²) < 4.78 is 47.2. The Labute approximate surface area is 157 Å². The van der Waals surface area contributed by atoms with Crippen molar-refractivity contribution in [2.24, 2.45) is 0 Å². The Balaban J connectivity index is 1.70. The lowest BCUT2D eigenvalue weighted by Crippen LogP contribution is -2.18. The summed E-state index contributed by atoms with van der Waals surface area (Å²) in [5.41, 5.74) is 0.138. The van der Waals surface area contributed by atoms with Crippen molar-refractivity contribution in [1.29, 1.82) is 0 Å². The van der Waals surface area contributed by atoms with Crippen molar-refractivity contribution in [2.45, 2.75) is 19.5 Å². The van der Waals surface area contributed by atoms with Gasteiger partial charge in [-0.15, -0.1) is 5.10 Å². The maximum Gasteiger partial charge on any atom is 0.316 e. The molecule has 146 valence electrons. The molecule has 1 aromatic carbocycles. The minimum absolute atomic E-state index is 0.0249. The van der Waals surface area contributed by atoms with Gasteiger partial charge in [0.2, 0.25) is 0 Å². The van der Waals surface area contributed by atoms with Gasteiger partial charge >= 0.3 is 6.01 Å². The highest BCUT2D eigenvalue weighted by molar-refractivity contribution is 5.93. The molecule has 1 amide bonds. The molecule has 2 heterocycles. The van der Waals surface area contributed by atoms with Crippen LogP contribution >= 0.6 is 0 Å². The fourth-order valence-electron chi connectivity index (χ4n) is 2.27. The molecule has 28 heavy (non-hydrogen) atoms. The maximum absolute atomic E-state index is 13.6. The molecule has 1 N–H and O–H groups in total. The van der Waals surface area contributed by atoms with Crippen molar-refractivity contribution in [3.8, 4) is 11.7 Å². The van der Waals surface area contributed by atoms with Gasteiger partial charge in [0.1, 0.15) is 18.1 Å². The number of alkyl halides is 2. The lowest BCUT2D eigenvalue weighted by molar-refractivity contribution is 0.0137. The molecular formula is C17H15F3N6O2. The van der Waals surface area contributed by atoms with Crippen LogP contribution < -0.4 is 10.1 Å². The van der Waals surface area contributed by atoms with Gasteiger partial charge in [0.05, 0.1) is 23.0 Å². The lowest BCUT2D eigenvalue weighted by atomic mass is 10.1. The number of halogens is 3. The van der Waals surface area contributed by atoms with Crippen LogP contribution in [0.1, 0.15) is 28.5 Å². The van der Waals surface area contributed by atoms with E-state index in [1.165, 1.54) is 36.4 Å². The van der Waals surface area contributed by atoms with E-state index in [0.29, 0.717) is 12.6 Å². The standard InChI is InChI=1S/C17H15F3N6O2/c1-17(19,20)13-5-12(3-4-14(13)18)26-8-11(24-25-26)9-28-16-22-6-10(7-23-16)15(27)21-2/h3-8H,9H2,1-2H3,(H,21,27). The van der Waals surface area contributed by atoms with E-state index in [0.717, 1.165) is 12.1 Å². The molecule has 0 atom stereocenters. The zero-order valence-corrected chi connectivity index (χ0v) is 14.9. The molecule has 0 aliphatic heterocycles. The SMILES string of the molecule is CNC(=O)c1cnc(OCc2cn(-c3ccc(F)c(C(C)(F)F)c3)nn2)nc1. The normalized spacial score (nSPS) is 11.3. The largest absolute Gasteiger partial charge is 0.457 e. The van der Waals surface area contributed by atoms with E-state index in [1.54, 1.807) is 0 Å². The molecule has 0 spiro atoms. The lowest BCUT2D eigenvalue weighted by Gasteiger charge is -2.12. The molecule has 0 bridgehead atoms. The second-order valence-corrected chi connectivity index (χ2v) is 5.83. The van der Waals surface area contributed by atoms with Crippen LogP contribution in [0, 0.1) is 5.82 Å². The fraction of sp³-hybridized carbons (Fsp3) is 0.235. The summed E-state index contributed by atoms with van der Waals surface area (Å²) in [6.45, 7) is 0.572. The molecule has 0 unspecified atom stereocenters. The number of amides is 1. The van der Waals surface area contributed by atoms with Crippen molar-refractivity contribution < 1.29 is 22.7 Å². The van der Waals surface area contributed by atoms with Crippen molar-refractivity contribution in [1.82, 2.24) is 30.3 Å². The first-order valence-corrected chi connectivity index (χ1v) is 8.04. The van der Waals surface area contributed by atoms with Gasteiger partial charge < -0.3 is 10.1 Å². The number of nitrogens with zero attached hydrogens (tertiary/aromatic N) is 5. The third kappa shape index (κ3) is 4.24. The van der Waals surface area contributed by atoms with E-state index in [2.05, 4.69) is 25.6 Å². The molecule has 0 radical (unpaired) electrons. The summed E-state index contributed by atoms with van der Waals surface area (Å²) in [5, 5.41) is 10.1. The number of rotatable bonds is 6. The van der Waals surface area contributed by atoms with Gasteiger partial charge in [0.15, 0.2) is 0 Å². The van der Waals surface area contributed by atoms with E-state index in [9.17, 15) is 18.0 Å². The second-order valence-electron chi connectivity index (χ2n) is 5.83. The Morgan fingerprint density at radius 3 is 2.64 bits per heavy atom. The van der Waals surface area contributed by atoms with E-state index in [4.69, 9.17) is 4.74 Å². The molecular weight excluding hydrogens is 377 g/mol. The molecule has 0 saturated carbocycles. The van der Waals surface area contributed by atoms with Crippen LogP contribution in [-0.4, -0.2) is 37.9 Å². The van der Waals surface area contributed by atoms with Gasteiger partial charge in [0.25, 0.3) is 11.8 Å². The minimum Gasteiger partial charge on any atom is -0.457 e. The predicted molar refractivity (Wildman–Crippen MR) is 90.6 cm³/mol. The Bertz CT molecular complexity index is 985. The topological polar surface area (TPSA) is 94.8 Å². The number of carbonyl (C=O) groups excluding carboxylic acids is 1. The minimum atomic E-state index is -3.33. The zero-order valence-electron chi connectivity index (χ0n) is 14.9. The fourth-order valence-corrected chi connectivity index (χ4v) is 2.27.